The standard InChI is InChI=1S/C16H19N3/c17-16-14(11-4-2-1-3-5-11)15(18-19-16)13-9-10-6-7-12(13)8-10/h1-5,10,12-13H,6-9H2,(H3,17,18,19). The van der Waals surface area contributed by atoms with Crippen LogP contribution in [0.1, 0.15) is 37.3 Å². The number of nitrogen functional groups attached to an aromatic ring is 1. The first-order chi connectivity index (χ1) is 9.33. The topological polar surface area (TPSA) is 54.7 Å². The second-order valence-electron chi connectivity index (χ2n) is 6.04. The van der Waals surface area contributed by atoms with Crippen molar-refractivity contribution in [3.05, 3.63) is 36.0 Å². The Morgan fingerprint density at radius 1 is 1.11 bits per heavy atom. The van der Waals surface area contributed by atoms with Crippen molar-refractivity contribution in [1.29, 1.82) is 0 Å². The molecule has 2 aromatic rings. The fraction of sp³-hybridized carbons (Fsp3) is 0.438. The normalized spacial score (nSPS) is 28.9. The van der Waals surface area contributed by atoms with Crippen LogP contribution in [0, 0.1) is 11.8 Å². The summed E-state index contributed by atoms with van der Waals surface area (Å²) in [5.74, 6) is 3.05. The van der Waals surface area contributed by atoms with E-state index in [1.54, 1.807) is 0 Å². The molecule has 2 fully saturated rings. The molecule has 3 heteroatoms. The van der Waals surface area contributed by atoms with Gasteiger partial charge in [0.1, 0.15) is 0 Å². The van der Waals surface area contributed by atoms with Gasteiger partial charge in [-0.15, -0.1) is 0 Å². The lowest BCUT2D eigenvalue weighted by Gasteiger charge is -2.21. The molecule has 1 aromatic heterocycles. The Labute approximate surface area is 113 Å². The van der Waals surface area contributed by atoms with Crippen molar-refractivity contribution in [2.75, 3.05) is 5.73 Å². The second-order valence-corrected chi connectivity index (χ2v) is 6.04. The summed E-state index contributed by atoms with van der Waals surface area (Å²) >= 11 is 0. The number of hydrogen-bond acceptors (Lipinski definition) is 2. The third kappa shape index (κ3) is 1.68. The Bertz CT molecular complexity index is 587. The Morgan fingerprint density at radius 2 is 1.95 bits per heavy atom. The molecule has 1 aromatic carbocycles. The highest BCUT2D eigenvalue weighted by atomic mass is 15.2. The molecule has 0 spiro atoms. The van der Waals surface area contributed by atoms with Gasteiger partial charge in [-0.25, -0.2) is 0 Å². The van der Waals surface area contributed by atoms with Gasteiger partial charge in [-0.05, 0) is 36.7 Å². The highest BCUT2D eigenvalue weighted by Crippen LogP contribution is 2.54. The van der Waals surface area contributed by atoms with Gasteiger partial charge >= 0.3 is 0 Å². The fourth-order valence-corrected chi connectivity index (χ4v) is 4.15. The Kier molecular flexibility index (Phi) is 2.40. The van der Waals surface area contributed by atoms with E-state index >= 15 is 0 Å². The predicted octanol–water partition coefficient (Wildman–Crippen LogP) is 3.56. The van der Waals surface area contributed by atoms with E-state index in [0.29, 0.717) is 11.7 Å². The van der Waals surface area contributed by atoms with Gasteiger partial charge in [0.15, 0.2) is 5.82 Å². The fourth-order valence-electron chi connectivity index (χ4n) is 4.15. The van der Waals surface area contributed by atoms with E-state index in [1.807, 2.05) is 6.07 Å². The molecule has 0 aliphatic heterocycles. The molecular formula is C16H19N3. The summed E-state index contributed by atoms with van der Waals surface area (Å²) in [6.07, 6.45) is 5.51. The number of nitrogens with one attached hydrogen (secondary N) is 1. The van der Waals surface area contributed by atoms with Crippen molar-refractivity contribution in [1.82, 2.24) is 10.2 Å². The molecule has 3 unspecified atom stereocenters. The Hall–Kier alpha value is -1.77. The Morgan fingerprint density at radius 3 is 2.63 bits per heavy atom. The maximum absolute atomic E-state index is 6.10. The monoisotopic (exact) mass is 253 g/mol. The van der Waals surface area contributed by atoms with Crippen LogP contribution in [0.25, 0.3) is 11.1 Å². The summed E-state index contributed by atoms with van der Waals surface area (Å²) in [5.41, 5.74) is 9.69. The summed E-state index contributed by atoms with van der Waals surface area (Å²) in [5, 5.41) is 7.50. The van der Waals surface area contributed by atoms with Gasteiger partial charge in [-0.3, -0.25) is 5.10 Å². The summed E-state index contributed by atoms with van der Waals surface area (Å²) in [6, 6.07) is 10.4. The third-order valence-electron chi connectivity index (χ3n) is 4.99. The summed E-state index contributed by atoms with van der Waals surface area (Å²) < 4.78 is 0. The van der Waals surface area contributed by atoms with Gasteiger partial charge < -0.3 is 5.73 Å². The van der Waals surface area contributed by atoms with Crippen LogP contribution in [-0.2, 0) is 0 Å². The van der Waals surface area contributed by atoms with E-state index in [-0.39, 0.29) is 0 Å². The molecule has 1 heterocycles. The minimum absolute atomic E-state index is 0.638. The van der Waals surface area contributed by atoms with E-state index in [2.05, 4.69) is 34.5 Å². The zero-order valence-electron chi connectivity index (χ0n) is 11.0. The number of benzene rings is 1. The van der Waals surface area contributed by atoms with E-state index in [0.717, 1.165) is 17.4 Å². The number of nitrogens with two attached hydrogens (primary N) is 1. The average Bonchev–Trinajstić information content (AvgIpc) is 3.14. The second kappa shape index (κ2) is 4.12. The van der Waals surface area contributed by atoms with E-state index < -0.39 is 0 Å². The minimum atomic E-state index is 0.638. The van der Waals surface area contributed by atoms with E-state index in [1.165, 1.54) is 36.9 Å². The number of fused-ring (bicyclic) bond motifs is 2. The summed E-state index contributed by atoms with van der Waals surface area (Å²) in [6.45, 7) is 0. The molecule has 98 valence electrons. The van der Waals surface area contributed by atoms with Crippen molar-refractivity contribution in [3.8, 4) is 11.1 Å². The molecule has 2 bridgehead atoms. The van der Waals surface area contributed by atoms with Crippen molar-refractivity contribution in [3.63, 3.8) is 0 Å². The maximum Gasteiger partial charge on any atom is 0.153 e. The molecule has 4 rings (SSSR count). The molecule has 19 heavy (non-hydrogen) atoms. The third-order valence-corrected chi connectivity index (χ3v) is 4.99. The lowest BCUT2D eigenvalue weighted by atomic mass is 9.84. The first-order valence-electron chi connectivity index (χ1n) is 7.22. The first kappa shape index (κ1) is 11.1. The molecule has 0 amide bonds. The highest BCUT2D eigenvalue weighted by molar-refractivity contribution is 5.76. The molecular weight excluding hydrogens is 234 g/mol. The summed E-state index contributed by atoms with van der Waals surface area (Å²) in [7, 11) is 0. The van der Waals surface area contributed by atoms with E-state index in [4.69, 9.17) is 5.73 Å². The molecule has 2 aliphatic rings. The zero-order chi connectivity index (χ0) is 12.8. The molecule has 2 saturated carbocycles. The van der Waals surface area contributed by atoms with Crippen LogP contribution in [0.5, 0.6) is 0 Å². The van der Waals surface area contributed by atoms with Crippen molar-refractivity contribution in [2.45, 2.75) is 31.6 Å². The molecule has 3 atom stereocenters. The summed E-state index contributed by atoms with van der Waals surface area (Å²) in [4.78, 5) is 0. The molecule has 3 nitrogen and oxygen atoms in total. The molecule has 0 radical (unpaired) electrons. The van der Waals surface area contributed by atoms with Gasteiger partial charge in [0.25, 0.3) is 0 Å². The molecule has 3 N–H and O–H groups in total. The first-order valence-corrected chi connectivity index (χ1v) is 7.22. The lowest BCUT2D eigenvalue weighted by molar-refractivity contribution is 0.413. The van der Waals surface area contributed by atoms with Crippen molar-refractivity contribution >= 4 is 5.82 Å². The van der Waals surface area contributed by atoms with Crippen LogP contribution in [-0.4, -0.2) is 10.2 Å². The van der Waals surface area contributed by atoms with Gasteiger partial charge in [0.05, 0.1) is 0 Å². The highest BCUT2D eigenvalue weighted by Gasteiger charge is 2.42. The molecule has 0 saturated heterocycles. The number of hydrogen-bond donors (Lipinski definition) is 2. The van der Waals surface area contributed by atoms with Crippen LogP contribution < -0.4 is 5.73 Å². The van der Waals surface area contributed by atoms with E-state index in [9.17, 15) is 0 Å². The lowest BCUT2D eigenvalue weighted by Crippen LogP contribution is -2.10. The smallest absolute Gasteiger partial charge is 0.153 e. The van der Waals surface area contributed by atoms with Gasteiger partial charge in [-0.2, -0.15) is 5.10 Å². The van der Waals surface area contributed by atoms with Gasteiger partial charge in [0.2, 0.25) is 0 Å². The van der Waals surface area contributed by atoms with Crippen LogP contribution in [0.3, 0.4) is 0 Å². The zero-order valence-corrected chi connectivity index (χ0v) is 11.0. The van der Waals surface area contributed by atoms with Gasteiger partial charge in [0, 0.05) is 17.2 Å². The van der Waals surface area contributed by atoms with Crippen LogP contribution in [0.15, 0.2) is 30.3 Å². The average molecular weight is 253 g/mol. The molecule has 2 aliphatic carbocycles. The number of aromatic nitrogens is 2. The number of rotatable bonds is 2. The SMILES string of the molecule is Nc1n[nH]c(C2CC3CCC2C3)c1-c1ccccc1. The maximum atomic E-state index is 6.10. The number of H-pyrrole nitrogens is 1. The minimum Gasteiger partial charge on any atom is -0.382 e. The predicted molar refractivity (Wildman–Crippen MR) is 76.6 cm³/mol. The Balaban J connectivity index is 1.78. The number of aromatic amines is 1. The van der Waals surface area contributed by atoms with Crippen LogP contribution in [0.4, 0.5) is 5.82 Å². The van der Waals surface area contributed by atoms with Crippen LogP contribution in [0.2, 0.25) is 0 Å². The van der Waals surface area contributed by atoms with Crippen molar-refractivity contribution in [2.24, 2.45) is 11.8 Å². The van der Waals surface area contributed by atoms with Crippen LogP contribution >= 0.6 is 0 Å². The van der Waals surface area contributed by atoms with Gasteiger partial charge in [-0.1, -0.05) is 36.8 Å². The number of anilines is 1. The number of nitrogens with zero attached hydrogens (tertiary/aromatic N) is 1. The van der Waals surface area contributed by atoms with Crippen molar-refractivity contribution < 1.29 is 0 Å². The largest absolute Gasteiger partial charge is 0.382 e. The quantitative estimate of drug-likeness (QED) is 0.859.